The second kappa shape index (κ2) is 7.35. The SMILES string of the molecule is CCCOc1ccccc1OCc1cccc(NN)n1. The maximum Gasteiger partial charge on any atom is 0.161 e. The van der Waals surface area contributed by atoms with E-state index in [-0.39, 0.29) is 0 Å². The smallest absolute Gasteiger partial charge is 0.161 e. The maximum atomic E-state index is 5.76. The van der Waals surface area contributed by atoms with Crippen LogP contribution in [0.5, 0.6) is 11.5 Å². The van der Waals surface area contributed by atoms with Crippen LogP contribution < -0.4 is 20.7 Å². The van der Waals surface area contributed by atoms with E-state index in [1.807, 2.05) is 36.4 Å². The molecule has 5 heteroatoms. The fraction of sp³-hybridized carbons (Fsp3) is 0.267. The zero-order chi connectivity index (χ0) is 14.2. The molecule has 0 fully saturated rings. The number of hydrogen-bond acceptors (Lipinski definition) is 5. The molecule has 0 aliphatic rings. The van der Waals surface area contributed by atoms with Crippen LogP contribution in [0.15, 0.2) is 42.5 Å². The van der Waals surface area contributed by atoms with E-state index in [1.165, 1.54) is 0 Å². The highest BCUT2D eigenvalue weighted by Crippen LogP contribution is 2.27. The van der Waals surface area contributed by atoms with Crippen LogP contribution >= 0.6 is 0 Å². The van der Waals surface area contributed by atoms with Crippen LogP contribution in [0.3, 0.4) is 0 Å². The largest absolute Gasteiger partial charge is 0.490 e. The second-order valence-corrected chi connectivity index (χ2v) is 4.24. The number of nitrogen functional groups attached to an aromatic ring is 1. The number of hydrogen-bond donors (Lipinski definition) is 2. The maximum absolute atomic E-state index is 5.76. The van der Waals surface area contributed by atoms with Gasteiger partial charge >= 0.3 is 0 Å². The van der Waals surface area contributed by atoms with Gasteiger partial charge in [0, 0.05) is 0 Å². The van der Waals surface area contributed by atoms with Crippen LogP contribution in [0.4, 0.5) is 5.82 Å². The highest BCUT2D eigenvalue weighted by atomic mass is 16.5. The molecule has 106 valence electrons. The number of pyridine rings is 1. The number of hydrazine groups is 1. The minimum absolute atomic E-state index is 0.363. The number of anilines is 1. The van der Waals surface area contributed by atoms with Gasteiger partial charge < -0.3 is 14.9 Å². The van der Waals surface area contributed by atoms with Gasteiger partial charge in [-0.25, -0.2) is 10.8 Å². The summed E-state index contributed by atoms with van der Waals surface area (Å²) in [6.45, 7) is 3.10. The van der Waals surface area contributed by atoms with Crippen LogP contribution in [0.1, 0.15) is 19.0 Å². The summed E-state index contributed by atoms with van der Waals surface area (Å²) in [6, 6.07) is 13.2. The Kier molecular flexibility index (Phi) is 5.20. The van der Waals surface area contributed by atoms with Crippen molar-refractivity contribution in [1.29, 1.82) is 0 Å². The van der Waals surface area contributed by atoms with Gasteiger partial charge in [-0.3, -0.25) is 0 Å². The second-order valence-electron chi connectivity index (χ2n) is 4.24. The van der Waals surface area contributed by atoms with E-state index in [2.05, 4.69) is 17.3 Å². The molecular weight excluding hydrogens is 254 g/mol. The van der Waals surface area contributed by atoms with Crippen molar-refractivity contribution in [3.63, 3.8) is 0 Å². The summed E-state index contributed by atoms with van der Waals surface area (Å²) in [6.07, 6.45) is 0.958. The molecule has 2 aromatic rings. The molecular formula is C15H19N3O2. The van der Waals surface area contributed by atoms with Crippen LogP contribution in [0.2, 0.25) is 0 Å². The van der Waals surface area contributed by atoms with E-state index in [4.69, 9.17) is 15.3 Å². The molecule has 0 atom stereocenters. The van der Waals surface area contributed by atoms with E-state index in [1.54, 1.807) is 6.07 Å². The van der Waals surface area contributed by atoms with Crippen LogP contribution in [0.25, 0.3) is 0 Å². The number of benzene rings is 1. The van der Waals surface area contributed by atoms with Crippen LogP contribution in [-0.4, -0.2) is 11.6 Å². The van der Waals surface area contributed by atoms with Gasteiger partial charge in [0.2, 0.25) is 0 Å². The summed E-state index contributed by atoms with van der Waals surface area (Å²) in [5.41, 5.74) is 3.31. The van der Waals surface area contributed by atoms with E-state index in [0.29, 0.717) is 24.8 Å². The molecule has 1 aromatic carbocycles. The Hall–Kier alpha value is -2.27. The molecule has 1 heterocycles. The number of rotatable bonds is 7. The Morgan fingerprint density at radius 2 is 1.80 bits per heavy atom. The molecule has 5 nitrogen and oxygen atoms in total. The normalized spacial score (nSPS) is 10.1. The number of para-hydroxylation sites is 2. The van der Waals surface area contributed by atoms with Crippen molar-refractivity contribution in [3.8, 4) is 11.5 Å². The van der Waals surface area contributed by atoms with Gasteiger partial charge in [-0.15, -0.1) is 0 Å². The zero-order valence-corrected chi connectivity index (χ0v) is 11.5. The summed E-state index contributed by atoms with van der Waals surface area (Å²) in [5, 5.41) is 0. The third-order valence-corrected chi connectivity index (χ3v) is 2.64. The molecule has 2 rings (SSSR count). The fourth-order valence-corrected chi connectivity index (χ4v) is 1.69. The van der Waals surface area contributed by atoms with Crippen molar-refractivity contribution in [1.82, 2.24) is 4.98 Å². The minimum Gasteiger partial charge on any atom is -0.490 e. The lowest BCUT2D eigenvalue weighted by molar-refractivity contribution is 0.259. The fourth-order valence-electron chi connectivity index (χ4n) is 1.69. The minimum atomic E-state index is 0.363. The Labute approximate surface area is 118 Å². The molecule has 0 saturated carbocycles. The van der Waals surface area contributed by atoms with Gasteiger partial charge in [0.1, 0.15) is 12.4 Å². The summed E-state index contributed by atoms with van der Waals surface area (Å²) in [5.74, 6) is 7.41. The van der Waals surface area contributed by atoms with Gasteiger partial charge in [-0.1, -0.05) is 25.1 Å². The summed E-state index contributed by atoms with van der Waals surface area (Å²) < 4.78 is 11.4. The molecule has 1 aromatic heterocycles. The predicted molar refractivity (Wildman–Crippen MR) is 78.6 cm³/mol. The molecule has 0 aliphatic carbocycles. The van der Waals surface area contributed by atoms with Crippen molar-refractivity contribution in [3.05, 3.63) is 48.2 Å². The number of ether oxygens (including phenoxy) is 2. The highest BCUT2D eigenvalue weighted by Gasteiger charge is 2.05. The Morgan fingerprint density at radius 1 is 1.05 bits per heavy atom. The molecule has 0 aliphatic heterocycles. The Bertz CT molecular complexity index is 546. The van der Waals surface area contributed by atoms with E-state index in [0.717, 1.165) is 17.9 Å². The summed E-state index contributed by atoms with van der Waals surface area (Å²) >= 11 is 0. The van der Waals surface area contributed by atoms with Gasteiger partial charge in [0.05, 0.1) is 12.3 Å². The van der Waals surface area contributed by atoms with E-state index >= 15 is 0 Å². The average Bonchev–Trinajstić information content (AvgIpc) is 2.52. The van der Waals surface area contributed by atoms with Crippen molar-refractivity contribution in [2.75, 3.05) is 12.0 Å². The van der Waals surface area contributed by atoms with Crippen molar-refractivity contribution < 1.29 is 9.47 Å². The van der Waals surface area contributed by atoms with Crippen LogP contribution in [-0.2, 0) is 6.61 Å². The van der Waals surface area contributed by atoms with E-state index in [9.17, 15) is 0 Å². The van der Waals surface area contributed by atoms with Crippen molar-refractivity contribution in [2.45, 2.75) is 20.0 Å². The van der Waals surface area contributed by atoms with Crippen LogP contribution in [0, 0.1) is 0 Å². The van der Waals surface area contributed by atoms with Crippen molar-refractivity contribution in [2.24, 2.45) is 5.84 Å². The summed E-state index contributed by atoms with van der Waals surface area (Å²) in [7, 11) is 0. The highest BCUT2D eigenvalue weighted by molar-refractivity contribution is 5.39. The quantitative estimate of drug-likeness (QED) is 0.599. The first-order valence-electron chi connectivity index (χ1n) is 6.60. The average molecular weight is 273 g/mol. The molecule has 0 radical (unpaired) electrons. The zero-order valence-electron chi connectivity index (χ0n) is 11.5. The molecule has 0 saturated heterocycles. The van der Waals surface area contributed by atoms with Gasteiger partial charge in [-0.05, 0) is 30.7 Å². The van der Waals surface area contributed by atoms with Crippen molar-refractivity contribution >= 4 is 5.82 Å². The van der Waals surface area contributed by atoms with Gasteiger partial charge in [0.25, 0.3) is 0 Å². The Balaban J connectivity index is 2.02. The topological polar surface area (TPSA) is 69.4 Å². The summed E-state index contributed by atoms with van der Waals surface area (Å²) in [4.78, 5) is 4.30. The molecule has 0 spiro atoms. The van der Waals surface area contributed by atoms with Gasteiger partial charge in [-0.2, -0.15) is 0 Å². The molecule has 0 unspecified atom stereocenters. The number of aromatic nitrogens is 1. The molecule has 0 amide bonds. The molecule has 3 N–H and O–H groups in total. The lowest BCUT2D eigenvalue weighted by Crippen LogP contribution is -2.10. The number of nitrogens with zero attached hydrogens (tertiary/aromatic N) is 1. The first-order chi connectivity index (χ1) is 9.83. The Morgan fingerprint density at radius 3 is 2.50 bits per heavy atom. The first kappa shape index (κ1) is 14.1. The van der Waals surface area contributed by atoms with E-state index < -0.39 is 0 Å². The monoisotopic (exact) mass is 273 g/mol. The molecule has 0 bridgehead atoms. The molecule has 20 heavy (non-hydrogen) atoms. The first-order valence-corrected chi connectivity index (χ1v) is 6.60. The number of nitrogens with two attached hydrogens (primary N) is 1. The third-order valence-electron chi connectivity index (χ3n) is 2.64. The lowest BCUT2D eigenvalue weighted by Gasteiger charge is -2.12. The standard InChI is InChI=1S/C15H19N3O2/c1-2-10-19-13-7-3-4-8-14(13)20-11-12-6-5-9-15(17-12)18-16/h3-9H,2,10-11,16H2,1H3,(H,17,18). The number of nitrogens with one attached hydrogen (secondary N) is 1. The lowest BCUT2D eigenvalue weighted by atomic mass is 10.3. The predicted octanol–water partition coefficient (Wildman–Crippen LogP) is 2.73. The van der Waals surface area contributed by atoms with Gasteiger partial charge in [0.15, 0.2) is 11.5 Å². The third kappa shape index (κ3) is 3.86.